The SMILES string of the molecule is Cc1ccc(C)n1-c1ccc(C(=O)N2CCN(S(=O)(=O)N(C)C)CC2)cc1. The lowest BCUT2D eigenvalue weighted by molar-refractivity contribution is 0.0695. The summed E-state index contributed by atoms with van der Waals surface area (Å²) in [5.41, 5.74) is 3.92. The van der Waals surface area contributed by atoms with E-state index in [1.807, 2.05) is 38.1 Å². The minimum atomic E-state index is -3.43. The van der Waals surface area contributed by atoms with Crippen LogP contribution in [-0.2, 0) is 10.2 Å². The van der Waals surface area contributed by atoms with Crippen LogP contribution in [0, 0.1) is 13.8 Å². The number of rotatable bonds is 4. The van der Waals surface area contributed by atoms with Crippen LogP contribution in [-0.4, -0.2) is 72.7 Å². The standard InChI is InChI=1S/C19H26N4O3S/c1-15-5-6-16(2)23(15)18-9-7-17(8-10-18)19(24)21-11-13-22(14-12-21)27(25,26)20(3)4/h5-10H,11-14H2,1-4H3. The normalized spacial score (nSPS) is 16.1. The van der Waals surface area contributed by atoms with Crippen molar-refractivity contribution in [1.82, 2.24) is 18.1 Å². The first-order valence-electron chi connectivity index (χ1n) is 8.94. The quantitative estimate of drug-likeness (QED) is 0.797. The Morgan fingerprint density at radius 3 is 1.89 bits per heavy atom. The van der Waals surface area contributed by atoms with E-state index in [9.17, 15) is 13.2 Å². The van der Waals surface area contributed by atoms with E-state index >= 15 is 0 Å². The van der Waals surface area contributed by atoms with Gasteiger partial charge in [0.15, 0.2) is 0 Å². The Morgan fingerprint density at radius 1 is 0.889 bits per heavy atom. The van der Waals surface area contributed by atoms with Crippen molar-refractivity contribution in [2.75, 3.05) is 40.3 Å². The maximum atomic E-state index is 12.8. The summed E-state index contributed by atoms with van der Waals surface area (Å²) < 4.78 is 29.1. The Balaban J connectivity index is 1.69. The molecule has 1 saturated heterocycles. The molecule has 3 rings (SSSR count). The van der Waals surface area contributed by atoms with Crippen molar-refractivity contribution in [1.29, 1.82) is 0 Å². The molecule has 7 nitrogen and oxygen atoms in total. The fraction of sp³-hybridized carbons (Fsp3) is 0.421. The molecule has 0 bridgehead atoms. The minimum absolute atomic E-state index is 0.0654. The average Bonchev–Trinajstić information content (AvgIpc) is 2.99. The molecule has 0 atom stereocenters. The largest absolute Gasteiger partial charge is 0.336 e. The number of hydrogen-bond acceptors (Lipinski definition) is 3. The van der Waals surface area contributed by atoms with Crippen molar-refractivity contribution in [2.45, 2.75) is 13.8 Å². The number of aromatic nitrogens is 1. The molecule has 2 aromatic rings. The van der Waals surface area contributed by atoms with Gasteiger partial charge < -0.3 is 9.47 Å². The molecule has 0 radical (unpaired) electrons. The summed E-state index contributed by atoms with van der Waals surface area (Å²) in [4.78, 5) is 14.5. The zero-order valence-corrected chi connectivity index (χ0v) is 17.0. The first-order chi connectivity index (χ1) is 12.7. The van der Waals surface area contributed by atoms with Crippen molar-refractivity contribution in [3.8, 4) is 5.69 Å². The summed E-state index contributed by atoms with van der Waals surface area (Å²) in [7, 11) is -0.394. The van der Waals surface area contributed by atoms with E-state index in [2.05, 4.69) is 16.7 Å². The molecule has 0 spiro atoms. The van der Waals surface area contributed by atoms with E-state index in [0.29, 0.717) is 31.7 Å². The summed E-state index contributed by atoms with van der Waals surface area (Å²) in [5.74, 6) is -0.0654. The van der Waals surface area contributed by atoms with Crippen molar-refractivity contribution in [2.24, 2.45) is 0 Å². The molecule has 1 aromatic heterocycles. The number of aryl methyl sites for hydroxylation is 2. The highest BCUT2D eigenvalue weighted by molar-refractivity contribution is 7.86. The Hall–Kier alpha value is -2.16. The number of benzene rings is 1. The molecule has 1 aliphatic rings. The molecule has 0 unspecified atom stereocenters. The van der Waals surface area contributed by atoms with Gasteiger partial charge in [-0.25, -0.2) is 0 Å². The number of amides is 1. The second kappa shape index (κ2) is 7.46. The molecule has 0 N–H and O–H groups in total. The van der Waals surface area contributed by atoms with Gasteiger partial charge in [0.1, 0.15) is 0 Å². The molecule has 0 aliphatic carbocycles. The maximum absolute atomic E-state index is 12.8. The third-order valence-electron chi connectivity index (χ3n) is 4.96. The van der Waals surface area contributed by atoms with Crippen LogP contribution in [0.25, 0.3) is 5.69 Å². The number of carbonyl (C=O) groups excluding carboxylic acids is 1. The van der Waals surface area contributed by atoms with Crippen LogP contribution < -0.4 is 0 Å². The predicted molar refractivity (Wildman–Crippen MR) is 105 cm³/mol. The highest BCUT2D eigenvalue weighted by Gasteiger charge is 2.30. The predicted octanol–water partition coefficient (Wildman–Crippen LogP) is 1.66. The molecular weight excluding hydrogens is 364 g/mol. The van der Waals surface area contributed by atoms with Crippen LogP contribution in [0.1, 0.15) is 21.7 Å². The molecule has 0 saturated carbocycles. The molecule has 1 aliphatic heterocycles. The van der Waals surface area contributed by atoms with Crippen LogP contribution in [0.2, 0.25) is 0 Å². The van der Waals surface area contributed by atoms with Gasteiger partial charge in [-0.15, -0.1) is 0 Å². The third-order valence-corrected chi connectivity index (χ3v) is 6.90. The van der Waals surface area contributed by atoms with E-state index in [1.165, 1.54) is 22.7 Å². The number of hydrogen-bond donors (Lipinski definition) is 0. The molecule has 1 aromatic carbocycles. The summed E-state index contributed by atoms with van der Waals surface area (Å²) in [5, 5.41) is 0. The molecule has 27 heavy (non-hydrogen) atoms. The number of piperazine rings is 1. The van der Waals surface area contributed by atoms with Gasteiger partial charge in [0.2, 0.25) is 0 Å². The maximum Gasteiger partial charge on any atom is 0.281 e. The highest BCUT2D eigenvalue weighted by Crippen LogP contribution is 2.18. The minimum Gasteiger partial charge on any atom is -0.336 e. The van der Waals surface area contributed by atoms with E-state index in [4.69, 9.17) is 0 Å². The Kier molecular flexibility index (Phi) is 5.41. The van der Waals surface area contributed by atoms with E-state index in [-0.39, 0.29) is 5.91 Å². The Bertz CT molecular complexity index is 905. The van der Waals surface area contributed by atoms with Gasteiger partial charge in [0.05, 0.1) is 0 Å². The summed E-state index contributed by atoms with van der Waals surface area (Å²) in [6, 6.07) is 11.7. The molecule has 1 amide bonds. The van der Waals surface area contributed by atoms with Crippen molar-refractivity contribution in [3.63, 3.8) is 0 Å². The average molecular weight is 391 g/mol. The van der Waals surface area contributed by atoms with Crippen LogP contribution >= 0.6 is 0 Å². The smallest absolute Gasteiger partial charge is 0.281 e. The van der Waals surface area contributed by atoms with Crippen molar-refractivity contribution in [3.05, 3.63) is 53.3 Å². The monoisotopic (exact) mass is 390 g/mol. The summed E-state index contributed by atoms with van der Waals surface area (Å²) in [6.07, 6.45) is 0. The van der Waals surface area contributed by atoms with E-state index in [0.717, 1.165) is 17.1 Å². The van der Waals surface area contributed by atoms with Crippen LogP contribution in [0.15, 0.2) is 36.4 Å². The zero-order chi connectivity index (χ0) is 19.8. The third kappa shape index (κ3) is 3.78. The van der Waals surface area contributed by atoms with Crippen LogP contribution in [0.3, 0.4) is 0 Å². The number of nitrogens with zero attached hydrogens (tertiary/aromatic N) is 4. The van der Waals surface area contributed by atoms with Gasteiger partial charge in [-0.05, 0) is 50.2 Å². The second-order valence-corrected chi connectivity index (χ2v) is 9.12. The lowest BCUT2D eigenvalue weighted by atomic mass is 10.1. The second-order valence-electron chi connectivity index (χ2n) is 6.98. The fourth-order valence-corrected chi connectivity index (χ4v) is 4.45. The van der Waals surface area contributed by atoms with Gasteiger partial charge in [0, 0.05) is 62.9 Å². The van der Waals surface area contributed by atoms with Gasteiger partial charge in [-0.3, -0.25) is 4.79 Å². The van der Waals surface area contributed by atoms with Gasteiger partial charge in [-0.1, -0.05) is 0 Å². The Labute approximate surface area is 161 Å². The summed E-state index contributed by atoms with van der Waals surface area (Å²) >= 11 is 0. The first-order valence-corrected chi connectivity index (χ1v) is 10.3. The first kappa shape index (κ1) is 19.6. The number of carbonyl (C=O) groups is 1. The van der Waals surface area contributed by atoms with E-state index < -0.39 is 10.2 Å². The van der Waals surface area contributed by atoms with Gasteiger partial charge in [0.25, 0.3) is 16.1 Å². The van der Waals surface area contributed by atoms with E-state index in [1.54, 1.807) is 4.90 Å². The summed E-state index contributed by atoms with van der Waals surface area (Å²) in [6.45, 7) is 5.51. The Morgan fingerprint density at radius 2 is 1.41 bits per heavy atom. The molecule has 2 heterocycles. The lowest BCUT2D eigenvalue weighted by Crippen LogP contribution is -2.53. The molecular formula is C19H26N4O3S. The van der Waals surface area contributed by atoms with Gasteiger partial charge >= 0.3 is 0 Å². The molecule has 146 valence electrons. The highest BCUT2D eigenvalue weighted by atomic mass is 32.2. The zero-order valence-electron chi connectivity index (χ0n) is 16.2. The van der Waals surface area contributed by atoms with Gasteiger partial charge in [-0.2, -0.15) is 17.0 Å². The molecule has 1 fully saturated rings. The van der Waals surface area contributed by atoms with Crippen molar-refractivity contribution >= 4 is 16.1 Å². The van der Waals surface area contributed by atoms with Crippen LogP contribution in [0.5, 0.6) is 0 Å². The van der Waals surface area contributed by atoms with Crippen LogP contribution in [0.4, 0.5) is 0 Å². The molecule has 8 heteroatoms. The lowest BCUT2D eigenvalue weighted by Gasteiger charge is -2.35. The van der Waals surface area contributed by atoms with Crippen molar-refractivity contribution < 1.29 is 13.2 Å². The fourth-order valence-electron chi connectivity index (χ4n) is 3.36. The topological polar surface area (TPSA) is 65.9 Å².